The van der Waals surface area contributed by atoms with E-state index in [1.165, 1.54) is 0 Å². The van der Waals surface area contributed by atoms with Gasteiger partial charge >= 0.3 is 0 Å². The van der Waals surface area contributed by atoms with Crippen LogP contribution in [0.3, 0.4) is 0 Å². The molecular weight excluding hydrogens is 430 g/mol. The minimum atomic E-state index is -0.0841. The molecule has 174 valence electrons. The number of carbonyl (C=O) groups is 1. The van der Waals surface area contributed by atoms with Gasteiger partial charge in [0.2, 0.25) is 0 Å². The first-order valence-electron chi connectivity index (χ1n) is 11.7. The number of pyridine rings is 1. The number of ether oxygens (including phenoxy) is 1. The number of hydrogen-bond acceptors (Lipinski definition) is 6. The SMILES string of the molecule is COc1cc2nn(C3CCNCC3)cc2cc1N1CCn2c(cnc2-c2ccnc(C)c2)C1=O. The highest BCUT2D eigenvalue weighted by Gasteiger charge is 2.31. The second-order valence-corrected chi connectivity index (χ2v) is 8.93. The predicted octanol–water partition coefficient (Wildman–Crippen LogP) is 3.20. The first-order chi connectivity index (χ1) is 16.6. The zero-order chi connectivity index (χ0) is 23.2. The third-order valence-electron chi connectivity index (χ3n) is 6.82. The van der Waals surface area contributed by atoms with E-state index in [-0.39, 0.29) is 5.91 Å². The third-order valence-corrected chi connectivity index (χ3v) is 6.82. The van der Waals surface area contributed by atoms with Gasteiger partial charge in [0.15, 0.2) is 0 Å². The van der Waals surface area contributed by atoms with E-state index in [9.17, 15) is 4.79 Å². The van der Waals surface area contributed by atoms with Crippen molar-refractivity contribution in [3.63, 3.8) is 0 Å². The number of amides is 1. The van der Waals surface area contributed by atoms with E-state index in [0.29, 0.717) is 30.6 Å². The van der Waals surface area contributed by atoms with Crippen molar-refractivity contribution in [1.29, 1.82) is 0 Å². The molecule has 1 aromatic carbocycles. The molecule has 0 aliphatic carbocycles. The van der Waals surface area contributed by atoms with Gasteiger partial charge in [0.25, 0.3) is 5.91 Å². The molecule has 6 rings (SSSR count). The molecule has 2 aliphatic rings. The number of benzene rings is 1. The third kappa shape index (κ3) is 3.43. The van der Waals surface area contributed by atoms with Gasteiger partial charge < -0.3 is 19.5 Å². The Balaban J connectivity index is 1.35. The predicted molar refractivity (Wildman–Crippen MR) is 129 cm³/mol. The smallest absolute Gasteiger partial charge is 0.276 e. The first-order valence-corrected chi connectivity index (χ1v) is 11.7. The molecule has 9 heteroatoms. The Morgan fingerprint density at radius 2 is 1.97 bits per heavy atom. The van der Waals surface area contributed by atoms with Crippen molar-refractivity contribution in [3.8, 4) is 17.1 Å². The summed E-state index contributed by atoms with van der Waals surface area (Å²) in [6, 6.07) is 8.27. The molecule has 0 radical (unpaired) electrons. The minimum Gasteiger partial charge on any atom is -0.494 e. The zero-order valence-corrected chi connectivity index (χ0v) is 19.4. The molecule has 4 aromatic rings. The number of methoxy groups -OCH3 is 1. The van der Waals surface area contributed by atoms with E-state index in [1.807, 2.05) is 35.8 Å². The maximum atomic E-state index is 13.6. The summed E-state index contributed by atoms with van der Waals surface area (Å²) in [6.07, 6.45) is 7.65. The lowest BCUT2D eigenvalue weighted by atomic mass is 10.1. The first kappa shape index (κ1) is 20.9. The van der Waals surface area contributed by atoms with Crippen molar-refractivity contribution < 1.29 is 9.53 Å². The second kappa shape index (κ2) is 8.25. The summed E-state index contributed by atoms with van der Waals surface area (Å²) in [7, 11) is 1.64. The summed E-state index contributed by atoms with van der Waals surface area (Å²) >= 11 is 0. The Morgan fingerprint density at radius 1 is 1.12 bits per heavy atom. The summed E-state index contributed by atoms with van der Waals surface area (Å²) in [5, 5.41) is 9.23. The number of carbonyl (C=O) groups excluding carboxylic acids is 1. The van der Waals surface area contributed by atoms with Crippen LogP contribution in [0.15, 0.2) is 42.9 Å². The lowest BCUT2D eigenvalue weighted by molar-refractivity contribution is 0.0965. The summed E-state index contributed by atoms with van der Waals surface area (Å²) in [6.45, 7) is 5.14. The van der Waals surface area contributed by atoms with Crippen LogP contribution in [0.25, 0.3) is 22.3 Å². The number of piperidine rings is 1. The van der Waals surface area contributed by atoms with Crippen LogP contribution >= 0.6 is 0 Å². The molecule has 0 bridgehead atoms. The van der Waals surface area contributed by atoms with E-state index in [1.54, 1.807) is 24.4 Å². The molecule has 9 nitrogen and oxygen atoms in total. The molecule has 0 unspecified atom stereocenters. The summed E-state index contributed by atoms with van der Waals surface area (Å²) in [4.78, 5) is 24.2. The van der Waals surface area contributed by atoms with Crippen LogP contribution in [0, 0.1) is 6.92 Å². The molecule has 0 atom stereocenters. The van der Waals surface area contributed by atoms with Crippen LogP contribution in [0.4, 0.5) is 5.69 Å². The van der Waals surface area contributed by atoms with Crippen molar-refractivity contribution >= 4 is 22.5 Å². The maximum Gasteiger partial charge on any atom is 0.276 e. The Bertz CT molecular complexity index is 1380. The molecule has 5 heterocycles. The van der Waals surface area contributed by atoms with Crippen molar-refractivity contribution in [2.24, 2.45) is 0 Å². The molecule has 34 heavy (non-hydrogen) atoms. The maximum absolute atomic E-state index is 13.6. The van der Waals surface area contributed by atoms with Gasteiger partial charge in [0.1, 0.15) is 17.3 Å². The van der Waals surface area contributed by atoms with Gasteiger partial charge in [-0.25, -0.2) is 4.98 Å². The van der Waals surface area contributed by atoms with E-state index in [0.717, 1.165) is 59.6 Å². The topological polar surface area (TPSA) is 90.1 Å². The van der Waals surface area contributed by atoms with Crippen LogP contribution in [-0.4, -0.2) is 57.0 Å². The van der Waals surface area contributed by atoms with Crippen molar-refractivity contribution in [3.05, 3.63) is 54.2 Å². The van der Waals surface area contributed by atoms with Crippen molar-refractivity contribution in [2.45, 2.75) is 32.4 Å². The number of rotatable bonds is 4. The van der Waals surface area contributed by atoms with E-state index < -0.39 is 0 Å². The van der Waals surface area contributed by atoms with Crippen LogP contribution in [0.1, 0.15) is 35.1 Å². The number of nitrogens with one attached hydrogen (secondary N) is 1. The summed E-state index contributed by atoms with van der Waals surface area (Å²) in [5.41, 5.74) is 4.09. The zero-order valence-electron chi connectivity index (χ0n) is 19.4. The van der Waals surface area contributed by atoms with Crippen molar-refractivity contribution in [1.82, 2.24) is 29.6 Å². The number of imidazole rings is 1. The quantitative estimate of drug-likeness (QED) is 0.506. The number of anilines is 1. The fraction of sp³-hybridized carbons (Fsp3) is 0.360. The van der Waals surface area contributed by atoms with Gasteiger partial charge in [-0.2, -0.15) is 5.10 Å². The molecule has 1 amide bonds. The molecule has 0 saturated carbocycles. The Labute approximate surface area is 197 Å². The molecule has 1 saturated heterocycles. The van der Waals surface area contributed by atoms with Crippen LogP contribution in [-0.2, 0) is 6.54 Å². The fourth-order valence-corrected chi connectivity index (χ4v) is 5.05. The van der Waals surface area contributed by atoms with Gasteiger partial charge in [0, 0.05) is 48.2 Å². The average molecular weight is 458 g/mol. The average Bonchev–Trinajstić information content (AvgIpc) is 3.48. The highest BCUT2D eigenvalue weighted by atomic mass is 16.5. The Kier molecular flexibility index (Phi) is 5.06. The van der Waals surface area contributed by atoms with Crippen LogP contribution in [0.5, 0.6) is 5.75 Å². The van der Waals surface area contributed by atoms with Crippen LogP contribution < -0.4 is 15.0 Å². The highest BCUT2D eigenvalue weighted by Crippen LogP contribution is 2.36. The largest absolute Gasteiger partial charge is 0.494 e. The number of aromatic nitrogens is 5. The van der Waals surface area contributed by atoms with E-state index >= 15 is 0 Å². The molecule has 3 aromatic heterocycles. The molecule has 0 spiro atoms. The van der Waals surface area contributed by atoms with Gasteiger partial charge in [0.05, 0.1) is 30.6 Å². The summed E-state index contributed by atoms with van der Waals surface area (Å²) < 4.78 is 9.77. The molecule has 2 aliphatic heterocycles. The number of nitrogens with zero attached hydrogens (tertiary/aromatic N) is 6. The van der Waals surface area contributed by atoms with E-state index in [2.05, 4.69) is 26.2 Å². The monoisotopic (exact) mass is 457 g/mol. The fourth-order valence-electron chi connectivity index (χ4n) is 5.05. The molecular formula is C25H27N7O2. The number of aryl methyl sites for hydroxylation is 1. The normalized spacial score (nSPS) is 16.8. The van der Waals surface area contributed by atoms with Gasteiger partial charge in [-0.15, -0.1) is 0 Å². The minimum absolute atomic E-state index is 0.0841. The van der Waals surface area contributed by atoms with Crippen molar-refractivity contribution in [2.75, 3.05) is 31.6 Å². The van der Waals surface area contributed by atoms with Gasteiger partial charge in [-0.3, -0.25) is 14.5 Å². The second-order valence-electron chi connectivity index (χ2n) is 8.93. The molecule has 1 N–H and O–H groups in total. The number of hydrogen-bond donors (Lipinski definition) is 1. The Hall–Kier alpha value is -3.72. The van der Waals surface area contributed by atoms with Crippen LogP contribution in [0.2, 0.25) is 0 Å². The van der Waals surface area contributed by atoms with Gasteiger partial charge in [-0.05, 0) is 51.1 Å². The Morgan fingerprint density at radius 3 is 2.76 bits per heavy atom. The van der Waals surface area contributed by atoms with Gasteiger partial charge in [-0.1, -0.05) is 0 Å². The lowest BCUT2D eigenvalue weighted by Crippen LogP contribution is -2.40. The standard InChI is InChI=1S/C25H27N7O2/c1-16-11-17(3-8-27-16)24-28-14-22-25(33)31(10-9-30(22)24)21-12-18-15-32(19-4-6-26-7-5-19)29-20(18)13-23(21)34-2/h3,8,11-15,19,26H,4-7,9-10H2,1-2H3. The number of fused-ring (bicyclic) bond motifs is 2. The summed E-state index contributed by atoms with van der Waals surface area (Å²) in [5.74, 6) is 1.35. The highest BCUT2D eigenvalue weighted by molar-refractivity contribution is 6.08. The van der Waals surface area contributed by atoms with E-state index in [4.69, 9.17) is 9.84 Å². The lowest BCUT2D eigenvalue weighted by Gasteiger charge is -2.29. The molecule has 1 fully saturated rings.